The van der Waals surface area contributed by atoms with Crippen molar-refractivity contribution in [2.24, 2.45) is 5.92 Å². The summed E-state index contributed by atoms with van der Waals surface area (Å²) in [6.45, 7) is 6.19. The van der Waals surface area contributed by atoms with Crippen LogP contribution in [-0.2, 0) is 9.53 Å². The SMILES string of the molecule is CC(=O)OCCC(C)C.O. The Labute approximate surface area is 61.7 Å². The van der Waals surface area contributed by atoms with Crippen molar-refractivity contribution in [1.29, 1.82) is 0 Å². The Morgan fingerprint density at radius 2 is 2.00 bits per heavy atom. The highest BCUT2D eigenvalue weighted by Gasteiger charge is 1.94. The maximum absolute atomic E-state index is 10.2. The van der Waals surface area contributed by atoms with E-state index in [1.54, 1.807) is 0 Å². The second-order valence-electron chi connectivity index (χ2n) is 2.52. The molecular weight excluding hydrogens is 132 g/mol. The second-order valence-corrected chi connectivity index (χ2v) is 2.52. The van der Waals surface area contributed by atoms with Gasteiger partial charge in [-0.2, -0.15) is 0 Å². The van der Waals surface area contributed by atoms with Gasteiger partial charge >= 0.3 is 5.97 Å². The lowest BCUT2D eigenvalue weighted by molar-refractivity contribution is -0.141. The van der Waals surface area contributed by atoms with Gasteiger partial charge in [-0.1, -0.05) is 13.8 Å². The molecule has 0 rings (SSSR count). The summed E-state index contributed by atoms with van der Waals surface area (Å²) in [6, 6.07) is 0. The van der Waals surface area contributed by atoms with E-state index in [-0.39, 0.29) is 11.4 Å². The van der Waals surface area contributed by atoms with E-state index in [2.05, 4.69) is 13.8 Å². The summed E-state index contributed by atoms with van der Waals surface area (Å²) in [5, 5.41) is 0. The van der Waals surface area contributed by atoms with Crippen LogP contribution in [0.15, 0.2) is 0 Å². The molecule has 62 valence electrons. The van der Waals surface area contributed by atoms with E-state index in [0.29, 0.717) is 12.5 Å². The van der Waals surface area contributed by atoms with Crippen LogP contribution in [0, 0.1) is 5.92 Å². The molecule has 0 aliphatic carbocycles. The molecule has 0 amide bonds. The normalized spacial score (nSPS) is 8.80. The molecule has 10 heavy (non-hydrogen) atoms. The number of carbonyl (C=O) groups excluding carboxylic acids is 1. The molecule has 0 radical (unpaired) electrons. The molecule has 2 N–H and O–H groups in total. The van der Waals surface area contributed by atoms with E-state index in [1.807, 2.05) is 0 Å². The van der Waals surface area contributed by atoms with Gasteiger partial charge < -0.3 is 10.2 Å². The molecule has 0 saturated heterocycles. The Bertz CT molecular complexity index is 88.9. The maximum atomic E-state index is 10.2. The smallest absolute Gasteiger partial charge is 0.302 e. The molecular formula is C7H16O3. The molecule has 0 aliphatic rings. The minimum Gasteiger partial charge on any atom is -0.466 e. The third-order valence-corrected chi connectivity index (χ3v) is 1.00. The van der Waals surface area contributed by atoms with Crippen LogP contribution < -0.4 is 0 Å². The van der Waals surface area contributed by atoms with Gasteiger partial charge in [-0.05, 0) is 12.3 Å². The van der Waals surface area contributed by atoms with Crippen molar-refractivity contribution in [3.05, 3.63) is 0 Å². The second kappa shape index (κ2) is 6.55. The fraction of sp³-hybridized carbons (Fsp3) is 0.857. The first kappa shape index (κ1) is 12.1. The predicted octanol–water partition coefficient (Wildman–Crippen LogP) is 0.771. The molecule has 3 heteroatoms. The molecule has 0 aromatic carbocycles. The van der Waals surface area contributed by atoms with Crippen LogP contribution in [0.25, 0.3) is 0 Å². The molecule has 0 saturated carbocycles. The van der Waals surface area contributed by atoms with Gasteiger partial charge in [0.25, 0.3) is 0 Å². The number of hydrogen-bond acceptors (Lipinski definition) is 2. The number of rotatable bonds is 3. The number of hydrogen-bond donors (Lipinski definition) is 0. The Hall–Kier alpha value is -0.570. The number of esters is 1. The van der Waals surface area contributed by atoms with Crippen LogP contribution in [0.3, 0.4) is 0 Å². The third kappa shape index (κ3) is 10.4. The van der Waals surface area contributed by atoms with Crippen LogP contribution in [0.4, 0.5) is 0 Å². The van der Waals surface area contributed by atoms with Crippen molar-refractivity contribution in [3.63, 3.8) is 0 Å². The molecule has 0 spiro atoms. The first-order chi connectivity index (χ1) is 4.13. The summed E-state index contributed by atoms with van der Waals surface area (Å²) < 4.78 is 4.71. The van der Waals surface area contributed by atoms with Gasteiger partial charge in [-0.3, -0.25) is 4.79 Å². The summed E-state index contributed by atoms with van der Waals surface area (Å²) in [5.74, 6) is 0.431. The number of carbonyl (C=O) groups is 1. The molecule has 3 nitrogen and oxygen atoms in total. The largest absolute Gasteiger partial charge is 0.466 e. The highest BCUT2D eigenvalue weighted by molar-refractivity contribution is 5.65. The third-order valence-electron chi connectivity index (χ3n) is 1.00. The average Bonchev–Trinajstić information content (AvgIpc) is 1.63. The highest BCUT2D eigenvalue weighted by atomic mass is 16.5. The Morgan fingerprint density at radius 3 is 2.30 bits per heavy atom. The van der Waals surface area contributed by atoms with Crippen LogP contribution in [0.5, 0.6) is 0 Å². The first-order valence-electron chi connectivity index (χ1n) is 3.26. The van der Waals surface area contributed by atoms with Gasteiger partial charge in [0, 0.05) is 6.92 Å². The molecule has 0 aromatic heterocycles. The van der Waals surface area contributed by atoms with Crippen molar-refractivity contribution in [2.75, 3.05) is 6.61 Å². The zero-order chi connectivity index (χ0) is 7.28. The van der Waals surface area contributed by atoms with Crippen molar-refractivity contribution >= 4 is 5.97 Å². The topological polar surface area (TPSA) is 57.8 Å². The quantitative estimate of drug-likeness (QED) is 0.555. The van der Waals surface area contributed by atoms with E-state index in [0.717, 1.165) is 6.42 Å². The van der Waals surface area contributed by atoms with Crippen molar-refractivity contribution in [3.8, 4) is 0 Å². The average molecular weight is 148 g/mol. The zero-order valence-electron chi connectivity index (χ0n) is 6.81. The minimum atomic E-state index is -0.185. The predicted molar refractivity (Wildman–Crippen MR) is 39.7 cm³/mol. The summed E-state index contributed by atoms with van der Waals surface area (Å²) in [4.78, 5) is 10.2. The standard InChI is InChI=1S/C7H14O2.H2O/c1-6(2)4-5-9-7(3)8;/h6H,4-5H2,1-3H3;1H2. The van der Waals surface area contributed by atoms with E-state index in [9.17, 15) is 4.79 Å². The summed E-state index contributed by atoms with van der Waals surface area (Å²) in [6.07, 6.45) is 0.958. The first-order valence-corrected chi connectivity index (χ1v) is 3.26. The maximum Gasteiger partial charge on any atom is 0.302 e. The van der Waals surface area contributed by atoms with Gasteiger partial charge in [-0.25, -0.2) is 0 Å². The lowest BCUT2D eigenvalue weighted by Gasteiger charge is -2.02. The van der Waals surface area contributed by atoms with E-state index < -0.39 is 0 Å². The molecule has 0 atom stereocenters. The van der Waals surface area contributed by atoms with Crippen LogP contribution in [0.2, 0.25) is 0 Å². The summed E-state index contributed by atoms with van der Waals surface area (Å²) in [7, 11) is 0. The fourth-order valence-corrected chi connectivity index (χ4v) is 0.438. The Kier molecular flexibility index (Phi) is 7.95. The molecule has 0 aliphatic heterocycles. The fourth-order valence-electron chi connectivity index (χ4n) is 0.438. The van der Waals surface area contributed by atoms with E-state index in [4.69, 9.17) is 4.74 Å². The molecule has 0 fully saturated rings. The summed E-state index contributed by atoms with van der Waals surface area (Å²) in [5.41, 5.74) is 0. The summed E-state index contributed by atoms with van der Waals surface area (Å²) >= 11 is 0. The van der Waals surface area contributed by atoms with Gasteiger partial charge in [0.05, 0.1) is 6.61 Å². The molecule has 0 heterocycles. The van der Waals surface area contributed by atoms with Crippen LogP contribution in [-0.4, -0.2) is 18.1 Å². The highest BCUT2D eigenvalue weighted by Crippen LogP contribution is 1.98. The molecule has 0 bridgehead atoms. The monoisotopic (exact) mass is 148 g/mol. The van der Waals surface area contributed by atoms with Gasteiger partial charge in [0.1, 0.15) is 0 Å². The lowest BCUT2D eigenvalue weighted by atomic mass is 10.1. The minimum absolute atomic E-state index is 0. The lowest BCUT2D eigenvalue weighted by Crippen LogP contribution is -2.02. The van der Waals surface area contributed by atoms with E-state index in [1.165, 1.54) is 6.92 Å². The van der Waals surface area contributed by atoms with Crippen LogP contribution >= 0.6 is 0 Å². The van der Waals surface area contributed by atoms with Crippen molar-refractivity contribution in [1.82, 2.24) is 0 Å². The molecule has 0 unspecified atom stereocenters. The van der Waals surface area contributed by atoms with Crippen LogP contribution in [0.1, 0.15) is 27.2 Å². The Balaban J connectivity index is 0. The van der Waals surface area contributed by atoms with Crippen molar-refractivity contribution in [2.45, 2.75) is 27.2 Å². The Morgan fingerprint density at radius 1 is 1.50 bits per heavy atom. The van der Waals surface area contributed by atoms with Gasteiger partial charge in [0.2, 0.25) is 0 Å². The van der Waals surface area contributed by atoms with E-state index >= 15 is 0 Å². The molecule has 0 aromatic rings. The number of ether oxygens (including phenoxy) is 1. The van der Waals surface area contributed by atoms with Crippen molar-refractivity contribution < 1.29 is 15.0 Å². The van der Waals surface area contributed by atoms with Gasteiger partial charge in [-0.15, -0.1) is 0 Å². The van der Waals surface area contributed by atoms with Gasteiger partial charge in [0.15, 0.2) is 0 Å². The zero-order valence-corrected chi connectivity index (χ0v) is 6.81.